The Morgan fingerprint density at radius 2 is 1.59 bits per heavy atom. The van der Waals surface area contributed by atoms with E-state index >= 15 is 0 Å². The summed E-state index contributed by atoms with van der Waals surface area (Å²) in [5.74, 6) is 0.267. The van der Waals surface area contributed by atoms with Gasteiger partial charge in [-0.15, -0.1) is 11.6 Å². The lowest BCUT2D eigenvalue weighted by atomic mass is 9.51. The highest BCUT2D eigenvalue weighted by Gasteiger charge is 2.66. The van der Waals surface area contributed by atoms with Gasteiger partial charge >= 0.3 is 0 Å². The predicted molar refractivity (Wildman–Crippen MR) is 107 cm³/mol. The molecule has 3 fully saturated rings. The van der Waals surface area contributed by atoms with Crippen molar-refractivity contribution in [1.82, 2.24) is 0 Å². The Hall–Kier alpha value is -0.810. The quantitative estimate of drug-likeness (QED) is 0.498. The molecule has 0 spiro atoms. The Balaban J connectivity index is 2.03. The Kier molecular flexibility index (Phi) is 5.13. The minimum atomic E-state index is -1.00. The van der Waals surface area contributed by atoms with Gasteiger partial charge in [0.15, 0.2) is 0 Å². The van der Waals surface area contributed by atoms with Gasteiger partial charge in [-0.25, -0.2) is 13.1 Å². The molecule has 2 unspecified atom stereocenters. The highest BCUT2D eigenvalue weighted by atomic mass is 35.5. The number of halogens is 1. The van der Waals surface area contributed by atoms with Gasteiger partial charge in [0, 0.05) is 19.3 Å². The van der Waals surface area contributed by atoms with Crippen LogP contribution in [0.5, 0.6) is 0 Å². The molecule has 0 amide bonds. The van der Waals surface area contributed by atoms with Crippen molar-refractivity contribution in [2.75, 3.05) is 0 Å². The van der Waals surface area contributed by atoms with Crippen LogP contribution in [0.25, 0.3) is 9.69 Å². The minimum absolute atomic E-state index is 0.0215. The summed E-state index contributed by atoms with van der Waals surface area (Å²) in [4.78, 5) is 7.95. The molecule has 0 aromatic carbocycles. The van der Waals surface area contributed by atoms with Crippen LogP contribution in [0.4, 0.5) is 0 Å². The van der Waals surface area contributed by atoms with Crippen molar-refractivity contribution in [2.45, 2.75) is 107 Å². The molecule has 4 nitrogen and oxygen atoms in total. The fourth-order valence-electron chi connectivity index (χ4n) is 6.29. The number of rotatable bonds is 1. The average molecular weight is 393 g/mol. The second kappa shape index (κ2) is 6.62. The minimum Gasteiger partial charge on any atom is -0.382 e. The fourth-order valence-corrected chi connectivity index (χ4v) is 6.44. The lowest BCUT2D eigenvalue weighted by Gasteiger charge is -2.57. The van der Waals surface area contributed by atoms with Crippen molar-refractivity contribution in [3.63, 3.8) is 0 Å². The average Bonchev–Trinajstić information content (AvgIpc) is 2.57. The van der Waals surface area contributed by atoms with E-state index in [4.69, 9.17) is 29.5 Å². The second-order valence-electron chi connectivity index (χ2n) is 10.3. The molecule has 8 atom stereocenters. The van der Waals surface area contributed by atoms with E-state index in [2.05, 4.69) is 37.4 Å². The molecule has 0 aromatic rings. The standard InChI is InChI=1S/C22H33ClN2O2/c1-19(2)16(23)10-13-22(5,27-19)15-8-11-20(3,25-7)14-9-12-21(4,26)18(24-6)17(14)15/h14-18,26H,8-13H2,1-5H3/t14-,15?,16-,17?,18+,20+,21+,22+/m0/s1. The van der Waals surface area contributed by atoms with E-state index in [1.807, 2.05) is 0 Å². The summed E-state index contributed by atoms with van der Waals surface area (Å²) in [5.41, 5.74) is -2.25. The van der Waals surface area contributed by atoms with Crippen molar-refractivity contribution in [3.8, 4) is 0 Å². The maximum absolute atomic E-state index is 11.0. The zero-order chi connectivity index (χ0) is 20.3. The Bertz CT molecular complexity index is 679. The highest BCUT2D eigenvalue weighted by Crippen LogP contribution is 2.58. The molecule has 0 radical (unpaired) electrons. The normalized spacial score (nSPS) is 52.3. The number of nitrogens with zero attached hydrogens (tertiary/aromatic N) is 2. The molecule has 1 heterocycles. The summed E-state index contributed by atoms with van der Waals surface area (Å²) in [5, 5.41) is 11.0. The summed E-state index contributed by atoms with van der Waals surface area (Å²) in [6, 6.07) is -0.486. The molecule has 2 saturated carbocycles. The van der Waals surface area contributed by atoms with Crippen molar-refractivity contribution in [3.05, 3.63) is 22.8 Å². The topological polar surface area (TPSA) is 38.2 Å². The lowest BCUT2D eigenvalue weighted by molar-refractivity contribution is -0.217. The van der Waals surface area contributed by atoms with E-state index in [0.29, 0.717) is 6.42 Å². The Morgan fingerprint density at radius 1 is 0.963 bits per heavy atom. The van der Waals surface area contributed by atoms with Gasteiger partial charge in [-0.2, -0.15) is 0 Å². The molecule has 0 bridgehead atoms. The van der Waals surface area contributed by atoms with Crippen LogP contribution >= 0.6 is 11.6 Å². The van der Waals surface area contributed by atoms with Gasteiger partial charge in [0.1, 0.15) is 5.60 Å². The molecule has 1 aliphatic heterocycles. The first kappa shape index (κ1) is 20.9. The zero-order valence-corrected chi connectivity index (χ0v) is 18.0. The largest absolute Gasteiger partial charge is 0.382 e. The van der Waals surface area contributed by atoms with Crippen LogP contribution in [0.15, 0.2) is 0 Å². The SMILES string of the molecule is [C-]#[N+][C@@H]1C2C([C@@]3(C)CC[C@H](Cl)C(C)(C)O3)CC[C@@](C)([N+]#[C-])[C@H]2CC[C@@]1(C)O. The number of fused-ring (bicyclic) bond motifs is 1. The molecular formula is C22H33ClN2O2. The van der Waals surface area contributed by atoms with Gasteiger partial charge in [0.2, 0.25) is 5.54 Å². The number of hydrogen-bond donors (Lipinski definition) is 1. The maximum Gasteiger partial charge on any atom is 0.255 e. The van der Waals surface area contributed by atoms with Gasteiger partial charge < -0.3 is 19.5 Å². The van der Waals surface area contributed by atoms with Crippen molar-refractivity contribution in [1.29, 1.82) is 0 Å². The van der Waals surface area contributed by atoms with Crippen molar-refractivity contribution >= 4 is 11.6 Å². The van der Waals surface area contributed by atoms with Crippen LogP contribution < -0.4 is 0 Å². The van der Waals surface area contributed by atoms with Gasteiger partial charge in [-0.05, 0) is 65.7 Å². The second-order valence-corrected chi connectivity index (χ2v) is 10.8. The molecule has 3 aliphatic rings. The van der Waals surface area contributed by atoms with Crippen LogP contribution in [0.1, 0.15) is 73.1 Å². The molecule has 1 N–H and O–H groups in total. The zero-order valence-electron chi connectivity index (χ0n) is 17.3. The predicted octanol–water partition coefficient (Wildman–Crippen LogP) is 5.09. The third kappa shape index (κ3) is 3.29. The number of hydrogen-bond acceptors (Lipinski definition) is 2. The van der Waals surface area contributed by atoms with Crippen LogP contribution in [0.2, 0.25) is 0 Å². The summed E-state index contributed by atoms with van der Waals surface area (Å²) in [6.45, 7) is 25.8. The smallest absolute Gasteiger partial charge is 0.255 e. The fraction of sp³-hybridized carbons (Fsp3) is 0.909. The first-order chi connectivity index (χ1) is 12.4. The van der Waals surface area contributed by atoms with Crippen molar-refractivity contribution < 1.29 is 9.84 Å². The summed E-state index contributed by atoms with van der Waals surface area (Å²) in [6.07, 6.45) is 4.83. The summed E-state index contributed by atoms with van der Waals surface area (Å²) in [7, 11) is 0. The van der Waals surface area contributed by atoms with E-state index in [0.717, 1.165) is 32.1 Å². The lowest BCUT2D eigenvalue weighted by Crippen LogP contribution is -2.64. The van der Waals surface area contributed by atoms with Gasteiger partial charge in [0.05, 0.1) is 22.5 Å². The number of aliphatic hydroxyl groups is 1. The van der Waals surface area contributed by atoms with Crippen LogP contribution in [0.3, 0.4) is 0 Å². The summed E-state index contributed by atoms with van der Waals surface area (Å²) >= 11 is 6.53. The molecule has 5 heteroatoms. The van der Waals surface area contributed by atoms with E-state index in [1.165, 1.54) is 0 Å². The molecule has 0 aromatic heterocycles. The van der Waals surface area contributed by atoms with E-state index in [1.54, 1.807) is 6.92 Å². The third-order valence-corrected chi connectivity index (χ3v) is 8.72. The molecule has 2 aliphatic carbocycles. The first-order valence-corrected chi connectivity index (χ1v) is 10.7. The molecule has 27 heavy (non-hydrogen) atoms. The molecular weight excluding hydrogens is 360 g/mol. The van der Waals surface area contributed by atoms with Crippen LogP contribution in [0, 0.1) is 30.9 Å². The van der Waals surface area contributed by atoms with E-state index in [-0.39, 0.29) is 28.7 Å². The Morgan fingerprint density at radius 3 is 2.15 bits per heavy atom. The molecule has 1 saturated heterocycles. The van der Waals surface area contributed by atoms with E-state index < -0.39 is 22.8 Å². The third-order valence-electron chi connectivity index (χ3n) is 7.98. The molecule has 150 valence electrons. The maximum atomic E-state index is 11.0. The number of ether oxygens (including phenoxy) is 1. The highest BCUT2D eigenvalue weighted by molar-refractivity contribution is 6.21. The summed E-state index contributed by atoms with van der Waals surface area (Å²) < 4.78 is 6.63. The van der Waals surface area contributed by atoms with Gasteiger partial charge in [-0.3, -0.25) is 0 Å². The first-order valence-electron chi connectivity index (χ1n) is 10.2. The Labute approximate surface area is 169 Å². The number of alkyl halides is 1. The van der Waals surface area contributed by atoms with E-state index in [9.17, 15) is 5.11 Å². The van der Waals surface area contributed by atoms with Crippen LogP contribution in [-0.2, 0) is 4.74 Å². The van der Waals surface area contributed by atoms with Crippen LogP contribution in [-0.4, -0.2) is 38.9 Å². The van der Waals surface area contributed by atoms with Gasteiger partial charge in [0.25, 0.3) is 6.04 Å². The van der Waals surface area contributed by atoms with Crippen molar-refractivity contribution in [2.24, 2.45) is 17.8 Å². The molecule has 3 rings (SSSR count). The monoisotopic (exact) mass is 392 g/mol. The van der Waals surface area contributed by atoms with Gasteiger partial charge in [-0.1, -0.05) is 0 Å².